The van der Waals surface area contributed by atoms with Crippen molar-refractivity contribution in [2.45, 2.75) is 20.8 Å². The van der Waals surface area contributed by atoms with E-state index in [1.54, 1.807) is 31.2 Å². The number of carbonyl (C=O) groups is 3. The van der Waals surface area contributed by atoms with Gasteiger partial charge in [-0.3, -0.25) is 4.79 Å². The lowest BCUT2D eigenvalue weighted by Gasteiger charge is -2.09. The first-order valence-corrected chi connectivity index (χ1v) is 10.3. The molecule has 2 rings (SSSR count). The lowest BCUT2D eigenvalue weighted by Crippen LogP contribution is -2.21. The molecule has 1 aromatic carbocycles. The van der Waals surface area contributed by atoms with E-state index in [0.29, 0.717) is 34.2 Å². The van der Waals surface area contributed by atoms with Crippen LogP contribution in [0.5, 0.6) is 11.5 Å². The molecule has 0 spiro atoms. The van der Waals surface area contributed by atoms with Gasteiger partial charge in [0.25, 0.3) is 5.91 Å². The molecule has 1 heterocycles. The Hall–Kier alpha value is -3.33. The van der Waals surface area contributed by atoms with Crippen LogP contribution in [0.15, 0.2) is 24.3 Å². The molecule has 0 aliphatic heterocycles. The Morgan fingerprint density at radius 2 is 1.87 bits per heavy atom. The Bertz CT molecular complexity index is 994. The number of thiophene rings is 1. The minimum Gasteiger partial charge on any atom is -0.493 e. The standard InChI is InChI=1S/C22H25NO7S/c1-6-29-16-9-7-15(11-17(16)27-4)8-10-19(25)30-12-18(24)23-21-20(22(26)28-5)13(2)14(3)31-21/h7-11H,6,12H2,1-5H3,(H,23,24)/b10-8+. The van der Waals surface area contributed by atoms with Crippen LogP contribution in [-0.2, 0) is 19.1 Å². The summed E-state index contributed by atoms with van der Waals surface area (Å²) >= 11 is 1.25. The van der Waals surface area contributed by atoms with Crippen LogP contribution in [0, 0.1) is 13.8 Å². The third-order valence-electron chi connectivity index (χ3n) is 4.27. The largest absolute Gasteiger partial charge is 0.493 e. The van der Waals surface area contributed by atoms with Gasteiger partial charge in [-0.05, 0) is 50.1 Å². The summed E-state index contributed by atoms with van der Waals surface area (Å²) in [6, 6.07) is 5.22. The highest BCUT2D eigenvalue weighted by Crippen LogP contribution is 2.33. The fourth-order valence-electron chi connectivity index (χ4n) is 2.64. The number of amides is 1. The fourth-order valence-corrected chi connectivity index (χ4v) is 3.70. The summed E-state index contributed by atoms with van der Waals surface area (Å²) in [6.07, 6.45) is 2.75. The SMILES string of the molecule is CCOc1ccc(/C=C/C(=O)OCC(=O)Nc2sc(C)c(C)c2C(=O)OC)cc1OC. The Balaban J connectivity index is 1.95. The first kappa shape index (κ1) is 23.9. The quantitative estimate of drug-likeness (QED) is 0.461. The van der Waals surface area contributed by atoms with Gasteiger partial charge >= 0.3 is 11.9 Å². The molecule has 1 aromatic heterocycles. The monoisotopic (exact) mass is 447 g/mol. The van der Waals surface area contributed by atoms with Crippen molar-refractivity contribution >= 4 is 40.3 Å². The molecular formula is C22H25NO7S. The zero-order chi connectivity index (χ0) is 23.0. The van der Waals surface area contributed by atoms with Gasteiger partial charge in [0.2, 0.25) is 0 Å². The summed E-state index contributed by atoms with van der Waals surface area (Å²) < 4.78 is 20.5. The molecule has 0 aliphatic rings. The number of rotatable bonds is 9. The molecule has 0 bridgehead atoms. The van der Waals surface area contributed by atoms with E-state index >= 15 is 0 Å². The van der Waals surface area contributed by atoms with Crippen LogP contribution in [0.25, 0.3) is 6.08 Å². The van der Waals surface area contributed by atoms with Crippen molar-refractivity contribution in [3.63, 3.8) is 0 Å². The summed E-state index contributed by atoms with van der Waals surface area (Å²) in [5.74, 6) is -0.639. The molecule has 0 fully saturated rings. The Morgan fingerprint density at radius 3 is 2.52 bits per heavy atom. The van der Waals surface area contributed by atoms with Crippen LogP contribution in [0.4, 0.5) is 5.00 Å². The zero-order valence-corrected chi connectivity index (χ0v) is 18.9. The average molecular weight is 448 g/mol. The van der Waals surface area contributed by atoms with Gasteiger partial charge < -0.3 is 24.3 Å². The second-order valence-electron chi connectivity index (χ2n) is 6.31. The van der Waals surface area contributed by atoms with Gasteiger partial charge in [-0.25, -0.2) is 9.59 Å². The Labute approximate surface area is 184 Å². The smallest absolute Gasteiger partial charge is 0.341 e. The summed E-state index contributed by atoms with van der Waals surface area (Å²) in [5.41, 5.74) is 1.74. The van der Waals surface area contributed by atoms with Crippen molar-refractivity contribution < 1.29 is 33.3 Å². The molecule has 0 saturated carbocycles. The summed E-state index contributed by atoms with van der Waals surface area (Å²) in [5, 5.41) is 2.96. The van der Waals surface area contributed by atoms with E-state index in [1.807, 2.05) is 13.8 Å². The summed E-state index contributed by atoms with van der Waals surface area (Å²) in [7, 11) is 2.80. The summed E-state index contributed by atoms with van der Waals surface area (Å²) in [4.78, 5) is 37.0. The average Bonchev–Trinajstić information content (AvgIpc) is 3.03. The van der Waals surface area contributed by atoms with E-state index in [-0.39, 0.29) is 0 Å². The van der Waals surface area contributed by atoms with E-state index in [4.69, 9.17) is 18.9 Å². The molecule has 8 nitrogen and oxygen atoms in total. The first-order valence-electron chi connectivity index (χ1n) is 9.44. The Morgan fingerprint density at radius 1 is 1.13 bits per heavy atom. The predicted molar refractivity (Wildman–Crippen MR) is 118 cm³/mol. The van der Waals surface area contributed by atoms with Crippen molar-refractivity contribution in [1.29, 1.82) is 0 Å². The Kier molecular flexibility index (Phi) is 8.63. The number of methoxy groups -OCH3 is 2. The van der Waals surface area contributed by atoms with E-state index in [9.17, 15) is 14.4 Å². The van der Waals surface area contributed by atoms with E-state index in [2.05, 4.69) is 5.32 Å². The molecule has 31 heavy (non-hydrogen) atoms. The number of hydrogen-bond donors (Lipinski definition) is 1. The zero-order valence-electron chi connectivity index (χ0n) is 18.1. The number of esters is 2. The number of aryl methyl sites for hydroxylation is 1. The molecule has 1 N–H and O–H groups in total. The van der Waals surface area contributed by atoms with Crippen LogP contribution >= 0.6 is 11.3 Å². The molecule has 0 unspecified atom stereocenters. The van der Waals surface area contributed by atoms with Gasteiger partial charge in [0.15, 0.2) is 18.1 Å². The third kappa shape index (κ3) is 6.32. The van der Waals surface area contributed by atoms with Gasteiger partial charge in [-0.2, -0.15) is 0 Å². The molecule has 0 radical (unpaired) electrons. The van der Waals surface area contributed by atoms with Crippen molar-refractivity contribution in [3.05, 3.63) is 45.8 Å². The molecule has 2 aromatic rings. The van der Waals surface area contributed by atoms with Crippen LogP contribution in [0.1, 0.15) is 33.3 Å². The molecule has 0 aliphatic carbocycles. The maximum absolute atomic E-state index is 12.2. The third-order valence-corrected chi connectivity index (χ3v) is 5.40. The second kappa shape index (κ2) is 11.2. The van der Waals surface area contributed by atoms with Crippen LogP contribution in [0.2, 0.25) is 0 Å². The highest BCUT2D eigenvalue weighted by molar-refractivity contribution is 7.16. The van der Waals surface area contributed by atoms with Crippen LogP contribution < -0.4 is 14.8 Å². The van der Waals surface area contributed by atoms with Gasteiger partial charge in [0.1, 0.15) is 5.00 Å². The lowest BCUT2D eigenvalue weighted by atomic mass is 10.1. The molecule has 0 saturated heterocycles. The molecular weight excluding hydrogens is 422 g/mol. The van der Waals surface area contributed by atoms with E-state index in [0.717, 1.165) is 10.4 Å². The molecule has 1 amide bonds. The van der Waals surface area contributed by atoms with Crippen molar-refractivity contribution in [2.24, 2.45) is 0 Å². The maximum atomic E-state index is 12.2. The minimum atomic E-state index is -0.685. The molecule has 9 heteroatoms. The second-order valence-corrected chi connectivity index (χ2v) is 7.54. The normalized spacial score (nSPS) is 10.6. The van der Waals surface area contributed by atoms with Gasteiger partial charge in [0.05, 0.1) is 26.4 Å². The highest BCUT2D eigenvalue weighted by atomic mass is 32.1. The molecule has 166 valence electrons. The van der Waals surface area contributed by atoms with Gasteiger partial charge in [0, 0.05) is 11.0 Å². The number of ether oxygens (including phenoxy) is 4. The van der Waals surface area contributed by atoms with Gasteiger partial charge in [-0.15, -0.1) is 11.3 Å². The van der Waals surface area contributed by atoms with Crippen LogP contribution in [0.3, 0.4) is 0 Å². The number of nitrogens with one attached hydrogen (secondary N) is 1. The topological polar surface area (TPSA) is 100 Å². The maximum Gasteiger partial charge on any atom is 0.341 e. The fraction of sp³-hybridized carbons (Fsp3) is 0.318. The van der Waals surface area contributed by atoms with Crippen LogP contribution in [-0.4, -0.2) is 45.3 Å². The highest BCUT2D eigenvalue weighted by Gasteiger charge is 2.21. The number of anilines is 1. The minimum absolute atomic E-state index is 0.300. The van der Waals surface area contributed by atoms with Crippen molar-refractivity contribution in [1.82, 2.24) is 0 Å². The van der Waals surface area contributed by atoms with Gasteiger partial charge in [-0.1, -0.05) is 6.07 Å². The number of hydrogen-bond acceptors (Lipinski definition) is 8. The summed E-state index contributed by atoms with van der Waals surface area (Å²) in [6.45, 7) is 5.49. The van der Waals surface area contributed by atoms with E-state index < -0.39 is 24.5 Å². The van der Waals surface area contributed by atoms with Crippen molar-refractivity contribution in [2.75, 3.05) is 32.8 Å². The predicted octanol–water partition coefficient (Wildman–Crippen LogP) is 3.75. The lowest BCUT2D eigenvalue weighted by molar-refractivity contribution is -0.142. The number of benzene rings is 1. The first-order chi connectivity index (χ1) is 14.8. The number of carbonyl (C=O) groups excluding carboxylic acids is 3. The van der Waals surface area contributed by atoms with Crippen molar-refractivity contribution in [3.8, 4) is 11.5 Å². The van der Waals surface area contributed by atoms with E-state index in [1.165, 1.54) is 31.6 Å². The molecule has 0 atom stereocenters.